The van der Waals surface area contributed by atoms with Gasteiger partial charge in [-0.1, -0.05) is 12.1 Å². The quantitative estimate of drug-likeness (QED) is 0.439. The standard InChI is InChI=1S/C19H24BNO6/c1-18(2)19(3,4)27-20(26-18)12-6-7-13-14(10-12)17(24)21(8-9-22)15(13)11-16(23)25-5/h6-7,9-10,15H,8,11H2,1-5H3. The fraction of sp³-hybridized carbons (Fsp3) is 0.526. The smallest absolute Gasteiger partial charge is 0.469 e. The predicted molar refractivity (Wildman–Crippen MR) is 98.6 cm³/mol. The predicted octanol–water partition coefficient (Wildman–Crippen LogP) is 1.24. The highest BCUT2D eigenvalue weighted by Gasteiger charge is 2.52. The second-order valence-corrected chi connectivity index (χ2v) is 7.86. The molecule has 1 unspecified atom stereocenters. The molecule has 0 N–H and O–H groups in total. The first kappa shape index (κ1) is 19.6. The molecule has 2 aliphatic heterocycles. The Morgan fingerprint density at radius 1 is 1.26 bits per heavy atom. The van der Waals surface area contributed by atoms with Gasteiger partial charge >= 0.3 is 13.1 Å². The molecule has 2 aliphatic rings. The largest absolute Gasteiger partial charge is 0.494 e. The molecule has 1 saturated heterocycles. The summed E-state index contributed by atoms with van der Waals surface area (Å²) < 4.78 is 16.8. The maximum atomic E-state index is 12.8. The lowest BCUT2D eigenvalue weighted by Gasteiger charge is -2.32. The third-order valence-electron chi connectivity index (χ3n) is 5.69. The first-order valence-electron chi connectivity index (χ1n) is 8.92. The van der Waals surface area contributed by atoms with Crippen LogP contribution in [0, 0.1) is 0 Å². The van der Waals surface area contributed by atoms with E-state index in [9.17, 15) is 14.4 Å². The molecule has 0 aromatic heterocycles. The lowest BCUT2D eigenvalue weighted by Crippen LogP contribution is -2.41. The van der Waals surface area contributed by atoms with Crippen LogP contribution in [-0.4, -0.2) is 55.0 Å². The maximum absolute atomic E-state index is 12.8. The molecule has 1 fully saturated rings. The van der Waals surface area contributed by atoms with Crippen LogP contribution >= 0.6 is 0 Å². The summed E-state index contributed by atoms with van der Waals surface area (Å²) in [6.45, 7) is 7.77. The van der Waals surface area contributed by atoms with Crippen LogP contribution in [0.15, 0.2) is 18.2 Å². The van der Waals surface area contributed by atoms with Gasteiger partial charge in [0, 0.05) is 5.56 Å². The number of esters is 1. The Hall–Kier alpha value is -2.19. The van der Waals surface area contributed by atoms with Crippen LogP contribution in [0.5, 0.6) is 0 Å². The van der Waals surface area contributed by atoms with Gasteiger partial charge in [-0.3, -0.25) is 9.59 Å². The topological polar surface area (TPSA) is 82.1 Å². The third kappa shape index (κ3) is 3.28. The number of rotatable bonds is 5. The highest BCUT2D eigenvalue weighted by atomic mass is 16.7. The highest BCUT2D eigenvalue weighted by molar-refractivity contribution is 6.62. The summed E-state index contributed by atoms with van der Waals surface area (Å²) in [5.74, 6) is -0.726. The summed E-state index contributed by atoms with van der Waals surface area (Å²) in [7, 11) is 0.707. The number of carbonyl (C=O) groups excluding carboxylic acids is 3. The maximum Gasteiger partial charge on any atom is 0.494 e. The first-order valence-corrected chi connectivity index (χ1v) is 8.92. The summed E-state index contributed by atoms with van der Waals surface area (Å²) in [6, 6.07) is 4.85. The van der Waals surface area contributed by atoms with Crippen molar-refractivity contribution in [3.05, 3.63) is 29.3 Å². The van der Waals surface area contributed by atoms with Crippen molar-refractivity contribution in [1.29, 1.82) is 0 Å². The van der Waals surface area contributed by atoms with Crippen molar-refractivity contribution >= 4 is 30.7 Å². The summed E-state index contributed by atoms with van der Waals surface area (Å²) >= 11 is 0. The molecule has 1 aromatic carbocycles. The van der Waals surface area contributed by atoms with E-state index >= 15 is 0 Å². The van der Waals surface area contributed by atoms with E-state index in [-0.39, 0.29) is 18.9 Å². The molecule has 0 aliphatic carbocycles. The molecule has 27 heavy (non-hydrogen) atoms. The Morgan fingerprint density at radius 3 is 2.44 bits per heavy atom. The van der Waals surface area contributed by atoms with Crippen molar-refractivity contribution in [2.75, 3.05) is 13.7 Å². The van der Waals surface area contributed by atoms with Gasteiger partial charge in [0.2, 0.25) is 0 Å². The minimum Gasteiger partial charge on any atom is -0.469 e. The first-order chi connectivity index (χ1) is 12.6. The second kappa shape index (κ2) is 6.76. The van der Waals surface area contributed by atoms with E-state index in [0.29, 0.717) is 17.4 Å². The molecule has 3 rings (SSSR count). The number of benzene rings is 1. The van der Waals surface area contributed by atoms with E-state index in [1.807, 2.05) is 33.8 Å². The molecular formula is C19H24BNO6. The average Bonchev–Trinajstić information content (AvgIpc) is 2.99. The number of amides is 1. The molecule has 0 radical (unpaired) electrons. The van der Waals surface area contributed by atoms with Crippen molar-refractivity contribution in [2.45, 2.75) is 51.4 Å². The van der Waals surface area contributed by atoms with Crippen LogP contribution < -0.4 is 5.46 Å². The zero-order valence-electron chi connectivity index (χ0n) is 16.3. The Balaban J connectivity index is 1.94. The Labute approximate surface area is 159 Å². The number of ether oxygens (including phenoxy) is 1. The van der Waals surface area contributed by atoms with Gasteiger partial charge in [0.25, 0.3) is 5.91 Å². The van der Waals surface area contributed by atoms with E-state index in [0.717, 1.165) is 5.46 Å². The molecule has 144 valence electrons. The van der Waals surface area contributed by atoms with Crippen molar-refractivity contribution < 1.29 is 28.4 Å². The molecule has 1 aromatic rings. The fourth-order valence-corrected chi connectivity index (χ4v) is 3.39. The zero-order valence-corrected chi connectivity index (χ0v) is 16.3. The lowest BCUT2D eigenvalue weighted by atomic mass is 9.77. The van der Waals surface area contributed by atoms with Crippen molar-refractivity contribution in [1.82, 2.24) is 4.90 Å². The van der Waals surface area contributed by atoms with E-state index in [1.54, 1.807) is 12.1 Å². The molecular weight excluding hydrogens is 349 g/mol. The third-order valence-corrected chi connectivity index (χ3v) is 5.69. The van der Waals surface area contributed by atoms with Gasteiger partial charge in [-0.15, -0.1) is 0 Å². The van der Waals surface area contributed by atoms with Crippen molar-refractivity contribution in [3.63, 3.8) is 0 Å². The van der Waals surface area contributed by atoms with E-state index in [2.05, 4.69) is 0 Å². The molecule has 7 nitrogen and oxygen atoms in total. The van der Waals surface area contributed by atoms with Crippen LogP contribution in [-0.2, 0) is 23.6 Å². The van der Waals surface area contributed by atoms with E-state index in [1.165, 1.54) is 12.0 Å². The van der Waals surface area contributed by atoms with Crippen LogP contribution in [0.25, 0.3) is 0 Å². The molecule has 0 bridgehead atoms. The van der Waals surface area contributed by atoms with Gasteiger partial charge in [-0.2, -0.15) is 0 Å². The van der Waals surface area contributed by atoms with Crippen LogP contribution in [0.1, 0.15) is 56.1 Å². The second-order valence-electron chi connectivity index (χ2n) is 7.86. The minimum absolute atomic E-state index is 0.00107. The molecule has 1 amide bonds. The van der Waals surface area contributed by atoms with Gasteiger partial charge in [0.05, 0.1) is 37.3 Å². The van der Waals surface area contributed by atoms with Crippen LogP contribution in [0.4, 0.5) is 0 Å². The monoisotopic (exact) mass is 373 g/mol. The normalized spacial score (nSPS) is 22.7. The van der Waals surface area contributed by atoms with Gasteiger partial charge in [-0.05, 0) is 44.8 Å². The van der Waals surface area contributed by atoms with Gasteiger partial charge < -0.3 is 23.7 Å². The SMILES string of the molecule is COC(=O)CC1c2ccc(B3OC(C)(C)C(C)(C)O3)cc2C(=O)N1CC=O. The molecule has 0 spiro atoms. The van der Waals surface area contributed by atoms with E-state index in [4.69, 9.17) is 14.0 Å². The van der Waals surface area contributed by atoms with Crippen molar-refractivity contribution in [2.24, 2.45) is 0 Å². The minimum atomic E-state index is -0.590. The zero-order chi connectivity index (χ0) is 20.0. The summed E-state index contributed by atoms with van der Waals surface area (Å²) in [6.07, 6.45) is 0.655. The average molecular weight is 373 g/mol. The van der Waals surface area contributed by atoms with Gasteiger partial charge in [-0.25, -0.2) is 0 Å². The lowest BCUT2D eigenvalue weighted by molar-refractivity contribution is -0.142. The summed E-state index contributed by atoms with van der Waals surface area (Å²) in [5.41, 5.74) is 0.908. The van der Waals surface area contributed by atoms with Crippen LogP contribution in [0.2, 0.25) is 0 Å². The molecule has 0 saturated carbocycles. The summed E-state index contributed by atoms with van der Waals surface area (Å²) in [5, 5.41) is 0. The van der Waals surface area contributed by atoms with Crippen molar-refractivity contribution in [3.8, 4) is 0 Å². The number of aldehydes is 1. The summed E-state index contributed by atoms with van der Waals surface area (Å²) in [4.78, 5) is 37.0. The molecule has 2 heterocycles. The fourth-order valence-electron chi connectivity index (χ4n) is 3.39. The number of methoxy groups -OCH3 is 1. The number of hydrogen-bond donors (Lipinski definition) is 0. The van der Waals surface area contributed by atoms with Gasteiger partial charge in [0.1, 0.15) is 6.29 Å². The Bertz CT molecular complexity index is 774. The molecule has 1 atom stereocenters. The number of hydrogen-bond acceptors (Lipinski definition) is 6. The number of nitrogens with zero attached hydrogens (tertiary/aromatic N) is 1. The van der Waals surface area contributed by atoms with Gasteiger partial charge in [0.15, 0.2) is 0 Å². The highest BCUT2D eigenvalue weighted by Crippen LogP contribution is 2.38. The Morgan fingerprint density at radius 2 is 1.89 bits per heavy atom. The molecule has 8 heteroatoms. The number of fused-ring (bicyclic) bond motifs is 1. The van der Waals surface area contributed by atoms with E-state index < -0.39 is 30.3 Å². The van der Waals surface area contributed by atoms with Crippen LogP contribution in [0.3, 0.4) is 0 Å². The number of carbonyl (C=O) groups is 3. The Kier molecular flexibility index (Phi) is 4.90.